The van der Waals surface area contributed by atoms with E-state index in [0.29, 0.717) is 42.9 Å². The second-order valence-electron chi connectivity index (χ2n) is 7.72. The molecule has 6 nitrogen and oxygen atoms in total. The summed E-state index contributed by atoms with van der Waals surface area (Å²) in [6.45, 7) is 5.69. The van der Waals surface area contributed by atoms with Gasteiger partial charge in [0.15, 0.2) is 0 Å². The number of likely N-dealkylation sites (tertiary alicyclic amines) is 1. The Morgan fingerprint density at radius 1 is 1.17 bits per heavy atom. The van der Waals surface area contributed by atoms with Gasteiger partial charge in [0.1, 0.15) is 6.04 Å². The molecule has 3 amide bonds. The standard InChI is InChI=1S/C23H29N3O3S/c1-3-11-24-22(28)20(25-21(27)19-8-5-14-30-19)17-9-12-26(13-10-17)23(29)18-7-4-6-16(2)15-18/h4-8,14-15,17,20H,3,9-13H2,1-2H3,(H,24,28)(H,25,27)/t20-/m0/s1. The van der Waals surface area contributed by atoms with Gasteiger partial charge in [-0.25, -0.2) is 0 Å². The van der Waals surface area contributed by atoms with Gasteiger partial charge in [0.05, 0.1) is 4.88 Å². The summed E-state index contributed by atoms with van der Waals surface area (Å²) in [7, 11) is 0. The van der Waals surface area contributed by atoms with E-state index in [4.69, 9.17) is 0 Å². The Morgan fingerprint density at radius 3 is 2.57 bits per heavy atom. The number of hydrogen-bond acceptors (Lipinski definition) is 4. The molecule has 0 bridgehead atoms. The van der Waals surface area contributed by atoms with Gasteiger partial charge < -0.3 is 15.5 Å². The van der Waals surface area contributed by atoms with Gasteiger partial charge in [-0.15, -0.1) is 11.3 Å². The molecule has 1 saturated heterocycles. The number of rotatable bonds is 7. The summed E-state index contributed by atoms with van der Waals surface area (Å²) in [4.78, 5) is 40.6. The zero-order chi connectivity index (χ0) is 21.5. The lowest BCUT2D eigenvalue weighted by atomic mass is 9.88. The van der Waals surface area contributed by atoms with Crippen LogP contribution in [0.5, 0.6) is 0 Å². The number of carbonyl (C=O) groups excluding carboxylic acids is 3. The van der Waals surface area contributed by atoms with E-state index in [1.165, 1.54) is 11.3 Å². The molecule has 1 fully saturated rings. The summed E-state index contributed by atoms with van der Waals surface area (Å²) < 4.78 is 0. The monoisotopic (exact) mass is 427 g/mol. The minimum Gasteiger partial charge on any atom is -0.354 e. The zero-order valence-electron chi connectivity index (χ0n) is 17.5. The van der Waals surface area contributed by atoms with Gasteiger partial charge in [0, 0.05) is 25.2 Å². The molecule has 1 aromatic heterocycles. The maximum Gasteiger partial charge on any atom is 0.262 e. The average molecular weight is 428 g/mol. The first-order valence-corrected chi connectivity index (χ1v) is 11.4. The summed E-state index contributed by atoms with van der Waals surface area (Å²) in [6.07, 6.45) is 2.18. The van der Waals surface area contributed by atoms with Gasteiger partial charge in [-0.2, -0.15) is 0 Å². The normalized spacial score (nSPS) is 15.5. The average Bonchev–Trinajstić information content (AvgIpc) is 3.30. The first-order chi connectivity index (χ1) is 14.5. The van der Waals surface area contributed by atoms with Crippen LogP contribution < -0.4 is 10.6 Å². The van der Waals surface area contributed by atoms with E-state index in [1.54, 1.807) is 6.07 Å². The number of benzene rings is 1. The highest BCUT2D eigenvalue weighted by Crippen LogP contribution is 2.23. The van der Waals surface area contributed by atoms with E-state index >= 15 is 0 Å². The highest BCUT2D eigenvalue weighted by molar-refractivity contribution is 7.12. The zero-order valence-corrected chi connectivity index (χ0v) is 18.3. The second-order valence-corrected chi connectivity index (χ2v) is 8.67. The fourth-order valence-corrected chi connectivity index (χ4v) is 4.40. The SMILES string of the molecule is CCCNC(=O)[C@@H](NC(=O)c1cccs1)C1CCN(C(=O)c2cccc(C)c2)CC1. The van der Waals surface area contributed by atoms with Crippen LogP contribution in [0.15, 0.2) is 41.8 Å². The quantitative estimate of drug-likeness (QED) is 0.712. The van der Waals surface area contributed by atoms with Crippen LogP contribution >= 0.6 is 11.3 Å². The molecule has 2 N–H and O–H groups in total. The molecule has 0 saturated carbocycles. The topological polar surface area (TPSA) is 78.5 Å². The van der Waals surface area contributed by atoms with Crippen LogP contribution in [-0.2, 0) is 4.79 Å². The van der Waals surface area contributed by atoms with Crippen molar-refractivity contribution in [1.29, 1.82) is 0 Å². The molecule has 2 aromatic rings. The number of nitrogens with zero attached hydrogens (tertiary/aromatic N) is 1. The van der Waals surface area contributed by atoms with E-state index < -0.39 is 6.04 Å². The van der Waals surface area contributed by atoms with Crippen LogP contribution in [0, 0.1) is 12.8 Å². The van der Waals surface area contributed by atoms with Crippen molar-refractivity contribution in [2.75, 3.05) is 19.6 Å². The fourth-order valence-electron chi connectivity index (χ4n) is 3.77. The van der Waals surface area contributed by atoms with Crippen LogP contribution in [0.1, 0.15) is 51.8 Å². The minimum absolute atomic E-state index is 0.00710. The van der Waals surface area contributed by atoms with E-state index in [1.807, 2.05) is 54.5 Å². The Labute approximate surface area is 181 Å². The number of carbonyl (C=O) groups is 3. The van der Waals surface area contributed by atoms with Crippen LogP contribution in [0.4, 0.5) is 0 Å². The number of thiophene rings is 1. The Kier molecular flexibility index (Phi) is 7.63. The molecule has 0 unspecified atom stereocenters. The minimum atomic E-state index is -0.595. The molecule has 0 radical (unpaired) electrons. The first-order valence-electron chi connectivity index (χ1n) is 10.5. The molecular weight excluding hydrogens is 398 g/mol. The van der Waals surface area contributed by atoms with E-state index in [-0.39, 0.29) is 23.6 Å². The summed E-state index contributed by atoms with van der Waals surface area (Å²) >= 11 is 1.36. The maximum atomic E-state index is 12.8. The largest absolute Gasteiger partial charge is 0.354 e. The molecule has 1 aromatic carbocycles. The molecule has 1 atom stereocenters. The lowest BCUT2D eigenvalue weighted by Gasteiger charge is -2.35. The lowest BCUT2D eigenvalue weighted by Crippen LogP contribution is -2.53. The summed E-state index contributed by atoms with van der Waals surface area (Å²) in [5.74, 6) is -0.357. The highest BCUT2D eigenvalue weighted by Gasteiger charge is 2.34. The third-order valence-corrected chi connectivity index (χ3v) is 6.30. The first kappa shape index (κ1) is 22.0. The number of nitrogens with one attached hydrogen (secondary N) is 2. The maximum absolute atomic E-state index is 12.8. The Balaban J connectivity index is 1.65. The van der Waals surface area contributed by atoms with Crippen LogP contribution in [0.2, 0.25) is 0 Å². The van der Waals surface area contributed by atoms with Crippen molar-refractivity contribution < 1.29 is 14.4 Å². The Morgan fingerprint density at radius 2 is 1.93 bits per heavy atom. The van der Waals surface area contributed by atoms with E-state index in [2.05, 4.69) is 10.6 Å². The van der Waals surface area contributed by atoms with Crippen molar-refractivity contribution in [3.63, 3.8) is 0 Å². The number of amides is 3. The Hall–Kier alpha value is -2.67. The molecule has 30 heavy (non-hydrogen) atoms. The smallest absolute Gasteiger partial charge is 0.262 e. The lowest BCUT2D eigenvalue weighted by molar-refractivity contribution is -0.124. The van der Waals surface area contributed by atoms with Gasteiger partial charge >= 0.3 is 0 Å². The van der Waals surface area contributed by atoms with E-state index in [9.17, 15) is 14.4 Å². The number of piperidine rings is 1. The highest BCUT2D eigenvalue weighted by atomic mass is 32.1. The molecule has 160 valence electrons. The van der Waals surface area contributed by atoms with Gasteiger partial charge in [-0.3, -0.25) is 14.4 Å². The molecule has 1 aliphatic heterocycles. The summed E-state index contributed by atoms with van der Waals surface area (Å²) in [5, 5.41) is 7.70. The van der Waals surface area contributed by atoms with Crippen molar-refractivity contribution in [2.45, 2.75) is 39.2 Å². The summed E-state index contributed by atoms with van der Waals surface area (Å²) in [5.41, 5.74) is 1.75. The number of aryl methyl sites for hydroxylation is 1. The molecule has 0 aliphatic carbocycles. The van der Waals surface area contributed by atoms with Crippen LogP contribution in [-0.4, -0.2) is 48.3 Å². The predicted octanol–water partition coefficient (Wildman–Crippen LogP) is 3.23. The molecule has 1 aliphatic rings. The van der Waals surface area contributed by atoms with Gasteiger partial charge in [-0.1, -0.05) is 30.7 Å². The van der Waals surface area contributed by atoms with Crippen molar-refractivity contribution in [3.05, 3.63) is 57.8 Å². The molecule has 0 spiro atoms. The van der Waals surface area contributed by atoms with Crippen molar-refractivity contribution >= 4 is 29.1 Å². The van der Waals surface area contributed by atoms with Gasteiger partial charge in [0.2, 0.25) is 5.91 Å². The van der Waals surface area contributed by atoms with Crippen LogP contribution in [0.25, 0.3) is 0 Å². The van der Waals surface area contributed by atoms with Crippen molar-refractivity contribution in [2.24, 2.45) is 5.92 Å². The van der Waals surface area contributed by atoms with Crippen molar-refractivity contribution in [3.8, 4) is 0 Å². The third-order valence-electron chi connectivity index (χ3n) is 5.43. The number of hydrogen-bond donors (Lipinski definition) is 2. The van der Waals surface area contributed by atoms with Crippen LogP contribution in [0.3, 0.4) is 0 Å². The molecular formula is C23H29N3O3S. The van der Waals surface area contributed by atoms with Crippen molar-refractivity contribution in [1.82, 2.24) is 15.5 Å². The fraction of sp³-hybridized carbons (Fsp3) is 0.435. The summed E-state index contributed by atoms with van der Waals surface area (Å²) in [6, 6.07) is 10.6. The predicted molar refractivity (Wildman–Crippen MR) is 119 cm³/mol. The molecule has 2 heterocycles. The van der Waals surface area contributed by atoms with Gasteiger partial charge in [-0.05, 0) is 55.7 Å². The molecule has 3 rings (SSSR count). The van der Waals surface area contributed by atoms with E-state index in [0.717, 1.165) is 12.0 Å². The third kappa shape index (κ3) is 5.48. The molecule has 7 heteroatoms. The second kappa shape index (κ2) is 10.4. The Bertz CT molecular complexity index is 874. The van der Waals surface area contributed by atoms with Gasteiger partial charge in [0.25, 0.3) is 11.8 Å².